The molecule has 0 radical (unpaired) electrons. The van der Waals surface area contributed by atoms with Gasteiger partial charge in [0.25, 0.3) is 0 Å². The molecule has 0 unspecified atom stereocenters. The quantitative estimate of drug-likeness (QED) is 0.781. The lowest BCUT2D eigenvalue weighted by Gasteiger charge is -2.13. The van der Waals surface area contributed by atoms with Crippen molar-refractivity contribution in [1.82, 2.24) is 0 Å². The molecule has 2 nitrogen and oxygen atoms in total. The van der Waals surface area contributed by atoms with E-state index in [1.165, 1.54) is 0 Å². The van der Waals surface area contributed by atoms with Crippen molar-refractivity contribution in [2.45, 2.75) is 20.8 Å². The normalized spacial score (nSPS) is 10.5. The molecule has 0 amide bonds. The topological polar surface area (TPSA) is 40.5 Å². The molecule has 0 aromatic heterocycles. The maximum atomic E-state index is 10.0. The van der Waals surface area contributed by atoms with E-state index in [2.05, 4.69) is 0 Å². The fraction of sp³-hybridized carbons (Fsp3) is 0.200. The molecule has 0 fully saturated rings. The lowest BCUT2D eigenvalue weighted by molar-refractivity contribution is 0.474. The molecule has 2 heteroatoms. The Morgan fingerprint density at radius 1 is 0.824 bits per heavy atom. The average Bonchev–Trinajstić information content (AvgIpc) is 2.29. The molecule has 2 rings (SSSR count). The van der Waals surface area contributed by atoms with E-state index in [-0.39, 0.29) is 11.5 Å². The van der Waals surface area contributed by atoms with E-state index in [9.17, 15) is 10.2 Å². The summed E-state index contributed by atoms with van der Waals surface area (Å²) >= 11 is 0. The van der Waals surface area contributed by atoms with Crippen LogP contribution in [0.3, 0.4) is 0 Å². The molecule has 0 aliphatic carbocycles. The van der Waals surface area contributed by atoms with Gasteiger partial charge in [0.2, 0.25) is 0 Å². The second kappa shape index (κ2) is 4.13. The molecule has 2 N–H and O–H groups in total. The van der Waals surface area contributed by atoms with E-state index in [1.54, 1.807) is 18.2 Å². The van der Waals surface area contributed by atoms with Crippen LogP contribution in [-0.2, 0) is 0 Å². The third kappa shape index (κ3) is 1.98. The van der Waals surface area contributed by atoms with Crippen molar-refractivity contribution >= 4 is 0 Å². The second-order valence-corrected chi connectivity index (χ2v) is 4.40. The van der Waals surface area contributed by atoms with E-state index in [4.69, 9.17) is 0 Å². The van der Waals surface area contributed by atoms with E-state index in [0.29, 0.717) is 0 Å². The van der Waals surface area contributed by atoms with Gasteiger partial charge in [-0.2, -0.15) is 0 Å². The molecule has 2 aromatic rings. The zero-order valence-corrected chi connectivity index (χ0v) is 10.3. The summed E-state index contributed by atoms with van der Waals surface area (Å²) < 4.78 is 0. The zero-order chi connectivity index (χ0) is 12.6. The molecule has 17 heavy (non-hydrogen) atoms. The van der Waals surface area contributed by atoms with Crippen molar-refractivity contribution in [3.8, 4) is 22.6 Å². The summed E-state index contributed by atoms with van der Waals surface area (Å²) in [5.74, 6) is 0.465. The van der Waals surface area contributed by atoms with Gasteiger partial charge in [0.1, 0.15) is 11.5 Å². The molecule has 0 saturated carbocycles. The van der Waals surface area contributed by atoms with Crippen LogP contribution < -0.4 is 0 Å². The minimum atomic E-state index is 0.214. The Morgan fingerprint density at radius 2 is 1.47 bits per heavy atom. The summed E-state index contributed by atoms with van der Waals surface area (Å²) in [6.07, 6.45) is 0. The Labute approximate surface area is 101 Å². The van der Waals surface area contributed by atoms with Crippen LogP contribution in [0.4, 0.5) is 0 Å². The average molecular weight is 228 g/mol. The summed E-state index contributed by atoms with van der Waals surface area (Å²) in [5.41, 5.74) is 4.88. The summed E-state index contributed by atoms with van der Waals surface area (Å²) in [4.78, 5) is 0. The van der Waals surface area contributed by atoms with Gasteiger partial charge in [0, 0.05) is 5.56 Å². The standard InChI is InChI=1S/C15H16O2/c1-9-5-7-14(17)15(11(9)3)13-8-12(16)6-4-10(13)2/h4-8,16-17H,1-3H3. The van der Waals surface area contributed by atoms with Crippen LogP contribution in [0.25, 0.3) is 11.1 Å². The maximum Gasteiger partial charge on any atom is 0.123 e. The van der Waals surface area contributed by atoms with Crippen LogP contribution in [0, 0.1) is 20.8 Å². The van der Waals surface area contributed by atoms with E-state index < -0.39 is 0 Å². The minimum absolute atomic E-state index is 0.214. The third-order valence-electron chi connectivity index (χ3n) is 3.20. The first-order chi connectivity index (χ1) is 8.00. The third-order valence-corrected chi connectivity index (χ3v) is 3.20. The smallest absolute Gasteiger partial charge is 0.123 e. The molecule has 0 heterocycles. The molecule has 2 aromatic carbocycles. The van der Waals surface area contributed by atoms with Gasteiger partial charge in [-0.15, -0.1) is 0 Å². The fourth-order valence-electron chi connectivity index (χ4n) is 2.02. The molecule has 88 valence electrons. The van der Waals surface area contributed by atoms with Gasteiger partial charge in [-0.25, -0.2) is 0 Å². The number of phenolic OH excluding ortho intramolecular Hbond substituents is 2. The number of phenols is 2. The molecular weight excluding hydrogens is 212 g/mol. The lowest BCUT2D eigenvalue weighted by Crippen LogP contribution is -1.90. The summed E-state index contributed by atoms with van der Waals surface area (Å²) in [6.45, 7) is 5.96. The second-order valence-electron chi connectivity index (χ2n) is 4.40. The van der Waals surface area contributed by atoms with Gasteiger partial charge in [-0.1, -0.05) is 12.1 Å². The van der Waals surface area contributed by atoms with Crippen LogP contribution in [0.1, 0.15) is 16.7 Å². The molecule has 0 atom stereocenters. The van der Waals surface area contributed by atoms with Crippen LogP contribution in [0.15, 0.2) is 30.3 Å². The number of aromatic hydroxyl groups is 2. The van der Waals surface area contributed by atoms with Gasteiger partial charge >= 0.3 is 0 Å². The first kappa shape index (κ1) is 11.5. The number of benzene rings is 2. The predicted molar refractivity (Wildman–Crippen MR) is 69.4 cm³/mol. The number of rotatable bonds is 1. The van der Waals surface area contributed by atoms with E-state index >= 15 is 0 Å². The fourth-order valence-corrected chi connectivity index (χ4v) is 2.02. The van der Waals surface area contributed by atoms with Crippen molar-refractivity contribution < 1.29 is 10.2 Å². The molecule has 0 aliphatic rings. The molecule has 0 bridgehead atoms. The Morgan fingerprint density at radius 3 is 2.18 bits per heavy atom. The first-order valence-electron chi connectivity index (χ1n) is 5.60. The van der Waals surface area contributed by atoms with Crippen molar-refractivity contribution in [3.05, 3.63) is 47.0 Å². The summed E-state index contributed by atoms with van der Waals surface area (Å²) in [5, 5.41) is 19.6. The van der Waals surface area contributed by atoms with Crippen LogP contribution in [0.2, 0.25) is 0 Å². The maximum absolute atomic E-state index is 10.0. The van der Waals surface area contributed by atoms with Crippen LogP contribution >= 0.6 is 0 Å². The van der Waals surface area contributed by atoms with Crippen LogP contribution in [0.5, 0.6) is 11.5 Å². The van der Waals surface area contributed by atoms with Crippen molar-refractivity contribution in [1.29, 1.82) is 0 Å². The highest BCUT2D eigenvalue weighted by atomic mass is 16.3. The highest BCUT2D eigenvalue weighted by molar-refractivity contribution is 5.77. The highest BCUT2D eigenvalue weighted by Crippen LogP contribution is 2.37. The molecule has 0 saturated heterocycles. The van der Waals surface area contributed by atoms with Gasteiger partial charge < -0.3 is 10.2 Å². The minimum Gasteiger partial charge on any atom is -0.508 e. The first-order valence-corrected chi connectivity index (χ1v) is 5.60. The molecular formula is C15H16O2. The molecule has 0 aliphatic heterocycles. The number of hydrogen-bond acceptors (Lipinski definition) is 2. The van der Waals surface area contributed by atoms with Crippen molar-refractivity contribution in [2.24, 2.45) is 0 Å². The van der Waals surface area contributed by atoms with Gasteiger partial charge in [0.15, 0.2) is 0 Å². The van der Waals surface area contributed by atoms with E-state index in [0.717, 1.165) is 27.8 Å². The summed E-state index contributed by atoms with van der Waals surface area (Å²) in [7, 11) is 0. The van der Waals surface area contributed by atoms with Crippen molar-refractivity contribution in [3.63, 3.8) is 0 Å². The predicted octanol–water partition coefficient (Wildman–Crippen LogP) is 3.69. The zero-order valence-electron chi connectivity index (χ0n) is 10.3. The van der Waals surface area contributed by atoms with Gasteiger partial charge in [0.05, 0.1) is 0 Å². The largest absolute Gasteiger partial charge is 0.508 e. The summed E-state index contributed by atoms with van der Waals surface area (Å²) in [6, 6.07) is 8.79. The lowest BCUT2D eigenvalue weighted by atomic mass is 9.93. The Bertz CT molecular complexity index is 571. The van der Waals surface area contributed by atoms with Gasteiger partial charge in [-0.3, -0.25) is 0 Å². The monoisotopic (exact) mass is 228 g/mol. The number of hydrogen-bond donors (Lipinski definition) is 2. The van der Waals surface area contributed by atoms with E-state index in [1.807, 2.05) is 32.9 Å². The number of aryl methyl sites for hydroxylation is 2. The Balaban J connectivity index is 2.76. The SMILES string of the molecule is Cc1ccc(O)cc1-c1c(O)ccc(C)c1C. The molecule has 0 spiro atoms. The van der Waals surface area contributed by atoms with Gasteiger partial charge in [-0.05, 0) is 61.2 Å². The Hall–Kier alpha value is -1.96. The van der Waals surface area contributed by atoms with Crippen LogP contribution in [-0.4, -0.2) is 10.2 Å². The van der Waals surface area contributed by atoms with Crippen molar-refractivity contribution in [2.75, 3.05) is 0 Å². The highest BCUT2D eigenvalue weighted by Gasteiger charge is 2.12. The Kier molecular flexibility index (Phi) is 2.80.